The topological polar surface area (TPSA) is 86.3 Å². The lowest BCUT2D eigenvalue weighted by molar-refractivity contribution is -0.120. The summed E-state index contributed by atoms with van der Waals surface area (Å²) in [4.78, 5) is 23.7. The van der Waals surface area contributed by atoms with E-state index < -0.39 is 0 Å². The summed E-state index contributed by atoms with van der Waals surface area (Å²) >= 11 is 5.61. The SMILES string of the molecule is COc1ccc2c(c1)c(CC(=O)NCCSSCCN)c(C)n2C=O.Cc1ccc(Cl)cc1. The van der Waals surface area contributed by atoms with Crippen LogP contribution in [0.5, 0.6) is 5.75 Å². The molecule has 0 aliphatic heterocycles. The molecule has 0 unspecified atom stereocenters. The summed E-state index contributed by atoms with van der Waals surface area (Å²) in [6, 6.07) is 13.3. The number of methoxy groups -OCH3 is 1. The fourth-order valence-corrected chi connectivity index (χ4v) is 5.02. The van der Waals surface area contributed by atoms with Crippen LogP contribution in [0, 0.1) is 13.8 Å². The third-order valence-electron chi connectivity index (χ3n) is 4.83. The molecule has 0 spiro atoms. The van der Waals surface area contributed by atoms with E-state index in [0.29, 0.717) is 18.8 Å². The number of halogens is 1. The van der Waals surface area contributed by atoms with Crippen molar-refractivity contribution in [3.63, 3.8) is 0 Å². The maximum absolute atomic E-state index is 12.3. The molecule has 0 fully saturated rings. The molecule has 33 heavy (non-hydrogen) atoms. The number of rotatable bonds is 10. The molecule has 2 aromatic carbocycles. The van der Waals surface area contributed by atoms with Gasteiger partial charge in [-0.05, 0) is 49.7 Å². The molecule has 3 rings (SSSR count). The molecule has 1 amide bonds. The van der Waals surface area contributed by atoms with Gasteiger partial charge < -0.3 is 15.8 Å². The second kappa shape index (κ2) is 14.2. The Kier molecular flexibility index (Phi) is 11.7. The molecule has 0 atom stereocenters. The number of ether oxygens (including phenoxy) is 1. The van der Waals surface area contributed by atoms with Gasteiger partial charge in [-0.3, -0.25) is 14.2 Å². The van der Waals surface area contributed by atoms with Gasteiger partial charge in [-0.15, -0.1) is 0 Å². The van der Waals surface area contributed by atoms with E-state index in [1.165, 1.54) is 5.56 Å². The molecule has 0 saturated heterocycles. The largest absolute Gasteiger partial charge is 0.497 e. The third kappa shape index (κ3) is 8.30. The number of fused-ring (bicyclic) bond motifs is 1. The van der Waals surface area contributed by atoms with E-state index in [1.54, 1.807) is 33.3 Å². The van der Waals surface area contributed by atoms with E-state index in [-0.39, 0.29) is 12.3 Å². The Labute approximate surface area is 208 Å². The van der Waals surface area contributed by atoms with Crippen molar-refractivity contribution >= 4 is 56.4 Å². The molecular weight excluding hydrogens is 478 g/mol. The Bertz CT molecular complexity index is 1030. The molecule has 3 aromatic rings. The van der Waals surface area contributed by atoms with E-state index in [4.69, 9.17) is 22.1 Å². The number of carbonyl (C=O) groups excluding carboxylic acids is 2. The molecule has 6 nitrogen and oxygen atoms in total. The maximum atomic E-state index is 12.3. The molecule has 0 bridgehead atoms. The Balaban J connectivity index is 0.000000405. The quantitative estimate of drug-likeness (QED) is 0.236. The molecule has 0 radical (unpaired) electrons. The van der Waals surface area contributed by atoms with E-state index in [0.717, 1.165) is 45.1 Å². The first-order chi connectivity index (χ1) is 15.9. The lowest BCUT2D eigenvalue weighted by Crippen LogP contribution is -2.27. The highest BCUT2D eigenvalue weighted by Crippen LogP contribution is 2.29. The minimum atomic E-state index is -0.0553. The zero-order valence-electron chi connectivity index (χ0n) is 19.1. The zero-order valence-corrected chi connectivity index (χ0v) is 21.5. The van der Waals surface area contributed by atoms with Gasteiger partial charge in [0.15, 0.2) is 0 Å². The van der Waals surface area contributed by atoms with Crippen molar-refractivity contribution in [1.29, 1.82) is 0 Å². The highest BCUT2D eigenvalue weighted by molar-refractivity contribution is 8.76. The average Bonchev–Trinajstić information content (AvgIpc) is 3.08. The van der Waals surface area contributed by atoms with Crippen molar-refractivity contribution in [1.82, 2.24) is 9.88 Å². The van der Waals surface area contributed by atoms with Crippen molar-refractivity contribution in [2.24, 2.45) is 5.73 Å². The summed E-state index contributed by atoms with van der Waals surface area (Å²) in [5.74, 6) is 2.38. The maximum Gasteiger partial charge on any atom is 0.224 e. The molecule has 1 aromatic heterocycles. The van der Waals surface area contributed by atoms with E-state index in [2.05, 4.69) is 5.32 Å². The van der Waals surface area contributed by atoms with Gasteiger partial charge in [0.25, 0.3) is 0 Å². The molecule has 0 saturated carbocycles. The highest BCUT2D eigenvalue weighted by atomic mass is 35.5. The normalized spacial score (nSPS) is 10.5. The number of aryl methyl sites for hydroxylation is 1. The first kappa shape index (κ1) is 27.1. The van der Waals surface area contributed by atoms with Gasteiger partial charge in [0.1, 0.15) is 5.75 Å². The standard InChI is InChI=1S/C17H23N3O3S2.C7H7Cl/c1-12-14(10-17(22)19-6-8-25-24-7-5-18)15-9-13(23-2)3-4-16(15)20(12)11-21;1-6-2-4-7(8)5-3-6/h3-4,9,11H,5-8,10,18H2,1-2H3,(H,19,22);2-5H,1H3. The first-order valence-electron chi connectivity index (χ1n) is 10.5. The van der Waals surface area contributed by atoms with Crippen LogP contribution >= 0.6 is 33.2 Å². The van der Waals surface area contributed by atoms with Crippen LogP contribution in [0.15, 0.2) is 42.5 Å². The minimum Gasteiger partial charge on any atom is -0.497 e. The summed E-state index contributed by atoms with van der Waals surface area (Å²) in [7, 11) is 5.00. The molecule has 9 heteroatoms. The van der Waals surface area contributed by atoms with Crippen molar-refractivity contribution in [3.8, 4) is 5.75 Å². The number of benzene rings is 2. The number of hydrogen-bond donors (Lipinski definition) is 2. The number of nitrogens with zero attached hydrogens (tertiary/aromatic N) is 1. The second-order valence-electron chi connectivity index (χ2n) is 7.18. The van der Waals surface area contributed by atoms with E-state index >= 15 is 0 Å². The van der Waals surface area contributed by atoms with E-state index in [1.807, 2.05) is 56.3 Å². The van der Waals surface area contributed by atoms with Crippen LogP contribution in [0.4, 0.5) is 0 Å². The van der Waals surface area contributed by atoms with Crippen molar-refractivity contribution < 1.29 is 14.3 Å². The van der Waals surface area contributed by atoms with Crippen LogP contribution in [0.2, 0.25) is 5.02 Å². The number of hydrogen-bond acceptors (Lipinski definition) is 6. The van der Waals surface area contributed by atoms with Crippen molar-refractivity contribution in [2.75, 3.05) is 31.7 Å². The van der Waals surface area contributed by atoms with Crippen LogP contribution in [0.3, 0.4) is 0 Å². The van der Waals surface area contributed by atoms with Gasteiger partial charge in [0, 0.05) is 40.7 Å². The van der Waals surface area contributed by atoms with Crippen LogP contribution < -0.4 is 15.8 Å². The first-order valence-corrected chi connectivity index (χ1v) is 13.3. The van der Waals surface area contributed by atoms with Crippen molar-refractivity contribution in [3.05, 3.63) is 64.3 Å². The highest BCUT2D eigenvalue weighted by Gasteiger charge is 2.17. The lowest BCUT2D eigenvalue weighted by Gasteiger charge is -2.06. The monoisotopic (exact) mass is 507 g/mol. The fourth-order valence-electron chi connectivity index (χ4n) is 3.13. The number of carbonyl (C=O) groups is 2. The summed E-state index contributed by atoms with van der Waals surface area (Å²) < 4.78 is 6.83. The molecule has 1 heterocycles. The molecule has 178 valence electrons. The molecule has 0 aliphatic rings. The van der Waals surface area contributed by atoms with Crippen molar-refractivity contribution in [2.45, 2.75) is 20.3 Å². The lowest BCUT2D eigenvalue weighted by atomic mass is 10.1. The molecule has 3 N–H and O–H groups in total. The van der Waals surface area contributed by atoms with E-state index in [9.17, 15) is 9.59 Å². The zero-order chi connectivity index (χ0) is 24.2. The van der Waals surface area contributed by atoms with Crippen LogP contribution in [0.1, 0.15) is 16.8 Å². The second-order valence-corrected chi connectivity index (χ2v) is 10.3. The Morgan fingerprint density at radius 3 is 2.45 bits per heavy atom. The Hall–Kier alpha value is -2.13. The smallest absolute Gasteiger partial charge is 0.224 e. The Morgan fingerprint density at radius 2 is 1.85 bits per heavy atom. The number of aromatic nitrogens is 1. The number of amides is 1. The van der Waals surface area contributed by atoms with Gasteiger partial charge >= 0.3 is 0 Å². The number of nitrogens with one attached hydrogen (secondary N) is 1. The third-order valence-corrected chi connectivity index (χ3v) is 7.52. The van der Waals surface area contributed by atoms with Gasteiger partial charge in [-0.25, -0.2) is 0 Å². The summed E-state index contributed by atoms with van der Waals surface area (Å²) in [5.41, 5.74) is 9.09. The van der Waals surface area contributed by atoms with Gasteiger partial charge in [0.05, 0.1) is 19.0 Å². The molecule has 0 aliphatic carbocycles. The van der Waals surface area contributed by atoms with Crippen LogP contribution in [-0.2, 0) is 16.0 Å². The fraction of sp³-hybridized carbons (Fsp3) is 0.333. The van der Waals surface area contributed by atoms with Gasteiger partial charge in [-0.1, -0.05) is 50.9 Å². The molecular formula is C24H30ClN3O3S2. The summed E-state index contributed by atoms with van der Waals surface area (Å²) in [5, 5.41) is 4.59. The minimum absolute atomic E-state index is 0.0553. The van der Waals surface area contributed by atoms with Gasteiger partial charge in [0.2, 0.25) is 12.3 Å². The predicted molar refractivity (Wildman–Crippen MR) is 142 cm³/mol. The average molecular weight is 508 g/mol. The summed E-state index contributed by atoms with van der Waals surface area (Å²) in [6.07, 6.45) is 1.01. The Morgan fingerprint density at radius 1 is 1.15 bits per heavy atom. The van der Waals surface area contributed by atoms with Crippen LogP contribution in [0.25, 0.3) is 10.9 Å². The van der Waals surface area contributed by atoms with Gasteiger partial charge in [-0.2, -0.15) is 0 Å². The predicted octanol–water partition coefficient (Wildman–Crippen LogP) is 4.64. The van der Waals surface area contributed by atoms with Crippen LogP contribution in [-0.4, -0.2) is 48.6 Å². The number of nitrogens with two attached hydrogens (primary N) is 1. The summed E-state index contributed by atoms with van der Waals surface area (Å²) in [6.45, 7) is 5.16.